The van der Waals surface area contributed by atoms with Crippen LogP contribution in [0.25, 0.3) is 5.69 Å². The molecule has 4 aromatic rings. The van der Waals surface area contributed by atoms with E-state index in [-0.39, 0.29) is 17.6 Å². The number of ether oxygens (including phenoxy) is 1. The van der Waals surface area contributed by atoms with Crippen molar-refractivity contribution in [2.45, 2.75) is 18.6 Å². The van der Waals surface area contributed by atoms with Gasteiger partial charge in [0.15, 0.2) is 5.16 Å². The number of hydrogen-bond donors (Lipinski definition) is 2. The molecule has 0 saturated carbocycles. The number of benzene rings is 2. The minimum Gasteiger partial charge on any atom is -0.494 e. The van der Waals surface area contributed by atoms with Gasteiger partial charge in [-0.3, -0.25) is 14.2 Å². The number of carbonyl (C=O) groups is 2. The maximum atomic E-state index is 12.5. The number of rotatable bonds is 10. The average molecular weight is 477 g/mol. The molecule has 2 heterocycles. The van der Waals surface area contributed by atoms with Crippen LogP contribution in [0.1, 0.15) is 23.0 Å². The van der Waals surface area contributed by atoms with Gasteiger partial charge >= 0.3 is 0 Å². The summed E-state index contributed by atoms with van der Waals surface area (Å²) in [5, 5.41) is 6.36. The van der Waals surface area contributed by atoms with Gasteiger partial charge in [-0.1, -0.05) is 17.8 Å². The predicted molar refractivity (Wildman–Crippen MR) is 130 cm³/mol. The number of nitrogens with one attached hydrogen (secondary N) is 2. The van der Waals surface area contributed by atoms with Crippen LogP contribution in [0.5, 0.6) is 5.75 Å². The fourth-order valence-corrected chi connectivity index (χ4v) is 3.97. The number of hydrogen-bond acceptors (Lipinski definition) is 6. The van der Waals surface area contributed by atoms with E-state index in [0.717, 1.165) is 11.4 Å². The lowest BCUT2D eigenvalue weighted by Gasteiger charge is -2.10. The molecule has 0 radical (unpaired) electrons. The molecular weight excluding hydrogens is 452 g/mol. The topological polar surface area (TPSA) is 98.4 Å². The Labute approximate surface area is 201 Å². The van der Waals surface area contributed by atoms with Crippen LogP contribution < -0.4 is 15.4 Å². The first-order valence-electron chi connectivity index (χ1n) is 10.7. The van der Waals surface area contributed by atoms with Gasteiger partial charge in [0, 0.05) is 29.3 Å². The fourth-order valence-electron chi connectivity index (χ4n) is 3.20. The zero-order valence-corrected chi connectivity index (χ0v) is 19.4. The van der Waals surface area contributed by atoms with E-state index in [1.807, 2.05) is 35.8 Å². The van der Waals surface area contributed by atoms with Crippen LogP contribution in [0.15, 0.2) is 88.9 Å². The van der Waals surface area contributed by atoms with Crippen LogP contribution in [0.4, 0.5) is 5.69 Å². The monoisotopic (exact) mass is 476 g/mol. The number of aromatic nitrogens is 2. The Morgan fingerprint density at radius 1 is 1.12 bits per heavy atom. The second-order valence-electron chi connectivity index (χ2n) is 7.19. The Bertz CT molecular complexity index is 1240. The van der Waals surface area contributed by atoms with Gasteiger partial charge < -0.3 is 19.8 Å². The van der Waals surface area contributed by atoms with Crippen LogP contribution in [-0.4, -0.2) is 33.7 Å². The molecule has 0 unspecified atom stereocenters. The Morgan fingerprint density at radius 2 is 1.97 bits per heavy atom. The molecule has 8 nitrogen and oxygen atoms in total. The van der Waals surface area contributed by atoms with Gasteiger partial charge in [-0.15, -0.1) is 0 Å². The lowest BCUT2D eigenvalue weighted by molar-refractivity contribution is -0.113. The third-order valence-electron chi connectivity index (χ3n) is 4.78. The molecule has 0 atom stereocenters. The summed E-state index contributed by atoms with van der Waals surface area (Å²) in [5.41, 5.74) is 1.99. The van der Waals surface area contributed by atoms with E-state index in [4.69, 9.17) is 9.15 Å². The zero-order valence-electron chi connectivity index (χ0n) is 18.6. The molecule has 2 N–H and O–H groups in total. The summed E-state index contributed by atoms with van der Waals surface area (Å²) in [6.07, 6.45) is 5.03. The summed E-state index contributed by atoms with van der Waals surface area (Å²) in [4.78, 5) is 29.3. The summed E-state index contributed by atoms with van der Waals surface area (Å²) < 4.78 is 12.5. The minimum absolute atomic E-state index is 0.144. The molecule has 0 aliphatic carbocycles. The minimum atomic E-state index is -0.206. The number of imidazole rings is 1. The van der Waals surface area contributed by atoms with Gasteiger partial charge in [-0.2, -0.15) is 0 Å². The van der Waals surface area contributed by atoms with Crippen molar-refractivity contribution >= 4 is 29.3 Å². The standard InChI is InChI=1S/C25H24N4O4S/c1-2-32-21-10-8-19(9-11-21)28-23(30)17-34-25-26-12-13-29(25)20-6-3-5-18(15-20)24(31)27-16-22-7-4-14-33-22/h3-15H,2,16-17H2,1H3,(H,27,31)(H,28,30). The Balaban J connectivity index is 1.36. The predicted octanol–water partition coefficient (Wildman–Crippen LogP) is 4.52. The van der Waals surface area contributed by atoms with E-state index >= 15 is 0 Å². The molecule has 9 heteroatoms. The largest absolute Gasteiger partial charge is 0.494 e. The molecule has 0 saturated heterocycles. The zero-order chi connectivity index (χ0) is 23.8. The third kappa shape index (κ3) is 6.08. The van der Waals surface area contributed by atoms with E-state index in [1.165, 1.54) is 11.8 Å². The molecule has 34 heavy (non-hydrogen) atoms. The highest BCUT2D eigenvalue weighted by atomic mass is 32.2. The van der Waals surface area contributed by atoms with Gasteiger partial charge in [0.05, 0.1) is 25.2 Å². The van der Waals surface area contributed by atoms with Crippen LogP contribution in [0, 0.1) is 0 Å². The van der Waals surface area contributed by atoms with E-state index in [0.29, 0.717) is 35.3 Å². The number of anilines is 1. The average Bonchev–Trinajstić information content (AvgIpc) is 3.55. The molecule has 0 spiro atoms. The lowest BCUT2D eigenvalue weighted by Crippen LogP contribution is -2.22. The Kier molecular flexibility index (Phi) is 7.67. The highest BCUT2D eigenvalue weighted by molar-refractivity contribution is 7.99. The van der Waals surface area contributed by atoms with E-state index in [9.17, 15) is 9.59 Å². The van der Waals surface area contributed by atoms with Crippen molar-refractivity contribution < 1.29 is 18.7 Å². The summed E-state index contributed by atoms with van der Waals surface area (Å²) >= 11 is 1.31. The second-order valence-corrected chi connectivity index (χ2v) is 8.13. The van der Waals surface area contributed by atoms with E-state index < -0.39 is 0 Å². The van der Waals surface area contributed by atoms with Crippen LogP contribution >= 0.6 is 11.8 Å². The SMILES string of the molecule is CCOc1ccc(NC(=O)CSc2nccn2-c2cccc(C(=O)NCc3ccco3)c2)cc1. The number of amides is 2. The van der Waals surface area contributed by atoms with Crippen LogP contribution in [-0.2, 0) is 11.3 Å². The lowest BCUT2D eigenvalue weighted by atomic mass is 10.2. The molecule has 2 amide bonds. The van der Waals surface area contributed by atoms with Gasteiger partial charge in [-0.25, -0.2) is 4.98 Å². The van der Waals surface area contributed by atoms with Crippen molar-refractivity contribution in [3.05, 3.63) is 90.6 Å². The molecule has 0 bridgehead atoms. The first-order chi connectivity index (χ1) is 16.6. The van der Waals surface area contributed by atoms with Crippen molar-refractivity contribution in [2.75, 3.05) is 17.7 Å². The molecule has 2 aromatic carbocycles. The quantitative estimate of drug-likeness (QED) is 0.327. The number of nitrogens with zero attached hydrogens (tertiary/aromatic N) is 2. The van der Waals surface area contributed by atoms with Crippen LogP contribution in [0.2, 0.25) is 0 Å². The van der Waals surface area contributed by atoms with E-state index in [2.05, 4.69) is 15.6 Å². The van der Waals surface area contributed by atoms with Gasteiger partial charge in [0.25, 0.3) is 5.91 Å². The third-order valence-corrected chi connectivity index (χ3v) is 5.74. The molecule has 4 rings (SSSR count). The first-order valence-corrected chi connectivity index (χ1v) is 11.7. The summed E-state index contributed by atoms with van der Waals surface area (Å²) in [6, 6.07) is 18.0. The molecular formula is C25H24N4O4S. The number of furan rings is 1. The Morgan fingerprint density at radius 3 is 2.74 bits per heavy atom. The smallest absolute Gasteiger partial charge is 0.251 e. The van der Waals surface area contributed by atoms with Gasteiger partial charge in [0.2, 0.25) is 5.91 Å². The normalized spacial score (nSPS) is 10.6. The number of thioether (sulfide) groups is 1. The second kappa shape index (κ2) is 11.2. The molecule has 0 aliphatic heterocycles. The van der Waals surface area contributed by atoms with Crippen LogP contribution in [0.3, 0.4) is 0 Å². The van der Waals surface area contributed by atoms with Crippen molar-refractivity contribution in [1.82, 2.24) is 14.9 Å². The van der Waals surface area contributed by atoms with Crippen molar-refractivity contribution in [2.24, 2.45) is 0 Å². The summed E-state index contributed by atoms with van der Waals surface area (Å²) in [6.45, 7) is 2.82. The van der Waals surface area contributed by atoms with Gasteiger partial charge in [-0.05, 0) is 61.5 Å². The fraction of sp³-hybridized carbons (Fsp3) is 0.160. The van der Waals surface area contributed by atoms with Crippen molar-refractivity contribution in [3.63, 3.8) is 0 Å². The van der Waals surface area contributed by atoms with E-state index in [1.54, 1.807) is 55.1 Å². The number of carbonyl (C=O) groups excluding carboxylic acids is 2. The summed E-state index contributed by atoms with van der Waals surface area (Å²) in [5.74, 6) is 1.28. The maximum Gasteiger partial charge on any atom is 0.251 e. The molecule has 0 aliphatic rings. The molecule has 174 valence electrons. The van der Waals surface area contributed by atoms with Crippen molar-refractivity contribution in [1.29, 1.82) is 0 Å². The highest BCUT2D eigenvalue weighted by Crippen LogP contribution is 2.22. The molecule has 0 fully saturated rings. The first kappa shape index (κ1) is 23.2. The summed E-state index contributed by atoms with van der Waals surface area (Å²) in [7, 11) is 0. The maximum absolute atomic E-state index is 12.5. The van der Waals surface area contributed by atoms with Crippen molar-refractivity contribution in [3.8, 4) is 11.4 Å². The Hall–Kier alpha value is -3.98. The highest BCUT2D eigenvalue weighted by Gasteiger charge is 2.12. The molecule has 2 aromatic heterocycles. The van der Waals surface area contributed by atoms with Gasteiger partial charge in [0.1, 0.15) is 11.5 Å².